The molecule has 198 valence electrons. The van der Waals surface area contributed by atoms with Crippen LogP contribution in [0.5, 0.6) is 0 Å². The Kier molecular flexibility index (Phi) is 8.76. The first-order valence-electron chi connectivity index (χ1n) is 11.9. The Balaban J connectivity index is 1.61. The molecule has 13 heteroatoms. The van der Waals surface area contributed by atoms with Crippen molar-refractivity contribution in [2.75, 3.05) is 49.5 Å². The molecule has 1 saturated heterocycles. The van der Waals surface area contributed by atoms with E-state index in [0.29, 0.717) is 32.5 Å². The molecule has 2 heterocycles. The molecule has 1 aliphatic heterocycles. The van der Waals surface area contributed by atoms with Crippen LogP contribution in [0.3, 0.4) is 0 Å². The van der Waals surface area contributed by atoms with Gasteiger partial charge in [-0.2, -0.15) is 17.6 Å². The van der Waals surface area contributed by atoms with Crippen LogP contribution in [-0.4, -0.2) is 88.1 Å². The number of hydrogen-bond donors (Lipinski definition) is 4. The molecule has 1 amide bonds. The molecule has 9 nitrogen and oxygen atoms in total. The quantitative estimate of drug-likeness (QED) is 0.371. The van der Waals surface area contributed by atoms with Gasteiger partial charge in [-0.05, 0) is 44.9 Å². The fourth-order valence-electron chi connectivity index (χ4n) is 4.88. The molecular weight excluding hydrogens is 472 g/mol. The highest BCUT2D eigenvalue weighted by atomic mass is 19.4. The second-order valence-corrected chi connectivity index (χ2v) is 9.58. The highest BCUT2D eigenvalue weighted by molar-refractivity contribution is 5.75. The average Bonchev–Trinajstić information content (AvgIpc) is 2.79. The molecule has 0 spiro atoms. The molecule has 2 atom stereocenters. The van der Waals surface area contributed by atoms with Crippen molar-refractivity contribution in [2.24, 2.45) is 17.6 Å². The number of aliphatic hydroxyl groups is 2. The van der Waals surface area contributed by atoms with Gasteiger partial charge >= 0.3 is 6.18 Å². The van der Waals surface area contributed by atoms with E-state index in [1.807, 2.05) is 6.92 Å². The Morgan fingerprint density at radius 1 is 1.31 bits per heavy atom. The van der Waals surface area contributed by atoms with Gasteiger partial charge in [0.2, 0.25) is 11.7 Å². The number of nitrogens with one attached hydrogen (secondary N) is 1. The van der Waals surface area contributed by atoms with E-state index in [4.69, 9.17) is 5.73 Å². The zero-order valence-corrected chi connectivity index (χ0v) is 19.8. The summed E-state index contributed by atoms with van der Waals surface area (Å²) in [7, 11) is 0. The van der Waals surface area contributed by atoms with E-state index in [1.165, 1.54) is 6.33 Å². The summed E-state index contributed by atoms with van der Waals surface area (Å²) in [5.74, 6) is -2.65. The number of alkyl halides is 3. The molecule has 0 bridgehead atoms. The smallest absolute Gasteiger partial charge is 0.389 e. The molecule has 0 aromatic carbocycles. The number of rotatable bonds is 9. The van der Waals surface area contributed by atoms with Crippen molar-refractivity contribution in [1.29, 1.82) is 0 Å². The number of carbonyl (C=O) groups excluding carboxylic acids is 1. The third kappa shape index (κ3) is 6.91. The summed E-state index contributed by atoms with van der Waals surface area (Å²) >= 11 is 0. The van der Waals surface area contributed by atoms with E-state index in [1.54, 1.807) is 9.80 Å². The first kappa shape index (κ1) is 27.3. The molecule has 1 aromatic heterocycles. The lowest BCUT2D eigenvalue weighted by Gasteiger charge is -2.41. The molecule has 2 fully saturated rings. The Bertz CT molecular complexity index is 868. The third-order valence-electron chi connectivity index (χ3n) is 7.09. The zero-order chi connectivity index (χ0) is 25.8. The number of likely N-dealkylation sites (tertiary alicyclic amines) is 1. The van der Waals surface area contributed by atoms with Crippen molar-refractivity contribution in [1.82, 2.24) is 14.9 Å². The second kappa shape index (κ2) is 11.2. The van der Waals surface area contributed by atoms with Gasteiger partial charge in [0.25, 0.3) is 0 Å². The summed E-state index contributed by atoms with van der Waals surface area (Å²) in [5, 5.41) is 24.0. The van der Waals surface area contributed by atoms with E-state index in [2.05, 4.69) is 15.3 Å². The second-order valence-electron chi connectivity index (χ2n) is 9.58. The summed E-state index contributed by atoms with van der Waals surface area (Å²) in [6, 6.07) is 0. The maximum Gasteiger partial charge on any atom is 0.391 e. The number of nitrogens with zero attached hydrogens (tertiary/aromatic N) is 4. The molecular formula is C22H34F4N6O3. The summed E-state index contributed by atoms with van der Waals surface area (Å²) in [6.07, 6.45) is -3.08. The molecule has 35 heavy (non-hydrogen) atoms. The predicted molar refractivity (Wildman–Crippen MR) is 121 cm³/mol. The van der Waals surface area contributed by atoms with Crippen LogP contribution in [0.4, 0.5) is 29.2 Å². The third-order valence-corrected chi connectivity index (χ3v) is 7.09. The van der Waals surface area contributed by atoms with Crippen molar-refractivity contribution in [3.8, 4) is 0 Å². The number of primary amides is 1. The van der Waals surface area contributed by atoms with Gasteiger partial charge in [-0.25, -0.2) is 9.97 Å². The minimum atomic E-state index is -4.18. The minimum Gasteiger partial charge on any atom is -0.389 e. The van der Waals surface area contributed by atoms with E-state index in [9.17, 15) is 28.2 Å². The van der Waals surface area contributed by atoms with Crippen molar-refractivity contribution in [3.63, 3.8) is 0 Å². The molecule has 1 aromatic rings. The lowest BCUT2D eigenvalue weighted by molar-refractivity contribution is -0.183. The molecule has 2 aliphatic rings. The number of nitrogens with two attached hydrogens (primary N) is 1. The number of aliphatic hydroxyl groups excluding tert-OH is 1. The molecule has 0 radical (unpaired) electrons. The van der Waals surface area contributed by atoms with Crippen LogP contribution in [0, 0.1) is 17.7 Å². The summed E-state index contributed by atoms with van der Waals surface area (Å²) in [6.45, 7) is 2.76. The van der Waals surface area contributed by atoms with Gasteiger partial charge in [0.05, 0.1) is 18.6 Å². The number of aromatic nitrogens is 2. The largest absolute Gasteiger partial charge is 0.391 e. The highest BCUT2D eigenvalue weighted by Crippen LogP contribution is 2.40. The van der Waals surface area contributed by atoms with Gasteiger partial charge < -0.3 is 26.2 Å². The summed E-state index contributed by atoms with van der Waals surface area (Å²) < 4.78 is 54.1. The zero-order valence-electron chi connectivity index (χ0n) is 19.8. The molecule has 5 N–H and O–H groups in total. The van der Waals surface area contributed by atoms with E-state index < -0.39 is 35.5 Å². The lowest BCUT2D eigenvalue weighted by Crippen LogP contribution is -2.59. The van der Waals surface area contributed by atoms with Crippen LogP contribution in [0.15, 0.2) is 6.33 Å². The normalized spacial score (nSPS) is 28.0. The number of carbonyl (C=O) groups is 1. The first-order chi connectivity index (χ1) is 16.4. The van der Waals surface area contributed by atoms with Gasteiger partial charge in [0.1, 0.15) is 11.9 Å². The Morgan fingerprint density at radius 3 is 2.57 bits per heavy atom. The summed E-state index contributed by atoms with van der Waals surface area (Å²) in [5.41, 5.74) is 3.62. The van der Waals surface area contributed by atoms with Crippen LogP contribution in [0.1, 0.15) is 39.0 Å². The number of anilines is 2. The van der Waals surface area contributed by atoms with Crippen molar-refractivity contribution < 1.29 is 32.6 Å². The Hall–Kier alpha value is -2.25. The fourth-order valence-corrected chi connectivity index (χ4v) is 4.88. The molecule has 1 saturated carbocycles. The van der Waals surface area contributed by atoms with E-state index in [0.717, 1.165) is 0 Å². The van der Waals surface area contributed by atoms with Crippen LogP contribution >= 0.6 is 0 Å². The first-order valence-corrected chi connectivity index (χ1v) is 11.9. The summed E-state index contributed by atoms with van der Waals surface area (Å²) in [4.78, 5) is 22.4. The van der Waals surface area contributed by atoms with Crippen LogP contribution in [0.25, 0.3) is 0 Å². The van der Waals surface area contributed by atoms with Crippen molar-refractivity contribution in [3.05, 3.63) is 12.1 Å². The Labute approximate surface area is 201 Å². The number of amides is 1. The predicted octanol–water partition coefficient (Wildman–Crippen LogP) is 1.51. The van der Waals surface area contributed by atoms with E-state index in [-0.39, 0.29) is 56.5 Å². The number of β-amino-alcohol motifs (C(OH)–C–C–N with tert-alkyl or cyclic N) is 1. The Morgan fingerprint density at radius 2 is 2.00 bits per heavy atom. The number of hydrogen-bond acceptors (Lipinski definition) is 8. The molecule has 3 rings (SSSR count). The van der Waals surface area contributed by atoms with Crippen LogP contribution in [0.2, 0.25) is 0 Å². The standard InChI is InChI=1S/C22H34F4N6O3/c1-2-32(9-14-3-5-15(6-4-14)22(24,25)26)20-18(23)19(29-13-30-20)28-12-21(35)7-8-31(10-16(21)33)11-17(27)34/h13-16,33,35H,2-12H2,1H3,(H2,27,34)(H,28,29,30)/t14?,15?,16-,21-/m0/s1. The topological polar surface area (TPSA) is 128 Å². The maximum atomic E-state index is 15.3. The average molecular weight is 507 g/mol. The van der Waals surface area contributed by atoms with Crippen molar-refractivity contribution >= 4 is 17.5 Å². The molecule has 0 unspecified atom stereocenters. The molecule has 1 aliphatic carbocycles. The number of halogens is 4. The SMILES string of the molecule is CCN(CC1CCC(C(F)(F)F)CC1)c1ncnc(NC[C@@]2(O)CCN(CC(N)=O)C[C@@H]2O)c1F. The van der Waals surface area contributed by atoms with Crippen LogP contribution in [-0.2, 0) is 4.79 Å². The highest BCUT2D eigenvalue weighted by Gasteiger charge is 2.42. The van der Waals surface area contributed by atoms with Gasteiger partial charge in [-0.15, -0.1) is 0 Å². The van der Waals surface area contributed by atoms with Gasteiger partial charge in [-0.1, -0.05) is 0 Å². The number of piperidine rings is 1. The van der Waals surface area contributed by atoms with Gasteiger partial charge in [0.15, 0.2) is 11.6 Å². The lowest BCUT2D eigenvalue weighted by atomic mass is 9.81. The van der Waals surface area contributed by atoms with Gasteiger partial charge in [0, 0.05) is 32.7 Å². The minimum absolute atomic E-state index is 0.000713. The maximum absolute atomic E-state index is 15.3. The van der Waals surface area contributed by atoms with Crippen molar-refractivity contribution in [2.45, 2.75) is 56.9 Å². The monoisotopic (exact) mass is 506 g/mol. The van der Waals surface area contributed by atoms with Gasteiger partial charge in [-0.3, -0.25) is 9.69 Å². The fraction of sp³-hybridized carbons (Fsp3) is 0.773. The van der Waals surface area contributed by atoms with Crippen LogP contribution < -0.4 is 16.0 Å². The van der Waals surface area contributed by atoms with E-state index >= 15 is 4.39 Å².